The summed E-state index contributed by atoms with van der Waals surface area (Å²) in [7, 11) is 0. The van der Waals surface area contributed by atoms with Crippen molar-refractivity contribution in [3.8, 4) is 0 Å². The van der Waals surface area contributed by atoms with Crippen LogP contribution in [0.5, 0.6) is 0 Å². The highest BCUT2D eigenvalue weighted by Gasteiger charge is 2.35. The summed E-state index contributed by atoms with van der Waals surface area (Å²) in [5, 5.41) is 9.99. The van der Waals surface area contributed by atoms with E-state index in [9.17, 15) is 28.8 Å². The topological polar surface area (TPSA) is 151 Å². The molecule has 0 fully saturated rings. The molecule has 0 saturated heterocycles. The number of benzene rings is 1. The molecule has 0 heterocycles. The first-order valence-electron chi connectivity index (χ1n) is 12.2. The maximum Gasteiger partial charge on any atom is 0.289 e. The molecule has 0 unspecified atom stereocenters. The average molecular weight is 517 g/mol. The van der Waals surface area contributed by atoms with Crippen molar-refractivity contribution in [2.75, 3.05) is 6.54 Å². The Morgan fingerprint density at radius 2 is 1.46 bits per heavy atom. The van der Waals surface area contributed by atoms with Crippen LogP contribution in [-0.2, 0) is 35.3 Å². The molecular weight excluding hydrogens is 476 g/mol. The van der Waals surface area contributed by atoms with Crippen LogP contribution in [0.25, 0.3) is 0 Å². The minimum Gasteiger partial charge on any atom is -0.347 e. The van der Waals surface area contributed by atoms with E-state index in [1.54, 1.807) is 20.8 Å². The molecule has 0 aliphatic rings. The number of hydrogen-bond acceptors (Lipinski definition) is 6. The molecule has 2 atom stereocenters. The normalized spacial score (nSPS) is 13.1. The summed E-state index contributed by atoms with van der Waals surface area (Å²) in [6.45, 7) is 12.5. The molecule has 4 N–H and O–H groups in total. The summed E-state index contributed by atoms with van der Waals surface area (Å²) in [6, 6.07) is 5.16. The van der Waals surface area contributed by atoms with Crippen molar-refractivity contribution in [1.82, 2.24) is 21.3 Å². The van der Waals surface area contributed by atoms with E-state index >= 15 is 0 Å². The quantitative estimate of drug-likeness (QED) is 0.243. The predicted octanol–water partition coefficient (Wildman–Crippen LogP) is 1.34. The van der Waals surface area contributed by atoms with Gasteiger partial charge in [-0.3, -0.25) is 24.0 Å². The standard InChI is InChI=1S/C27H40N4O6/c1-17-8-10-18(11-9-17)15-28-24(36)20(33)16-29-23(35)19(12-13-32)30-25(37)22(27(5,6)7)31-21(34)14-26(2,3)4/h8-11,13,19,22H,12,14-16H2,1-7H3,(H,28,36)(H,29,35)(H,30,37)(H,31,34)/t19-,22+/m0/s1. The summed E-state index contributed by atoms with van der Waals surface area (Å²) in [6.07, 6.45) is 0.308. The first-order valence-corrected chi connectivity index (χ1v) is 12.2. The highest BCUT2D eigenvalue weighted by Crippen LogP contribution is 2.22. The first kappa shape index (κ1) is 31.5. The highest BCUT2D eigenvalue weighted by atomic mass is 16.2. The third kappa shape index (κ3) is 11.8. The summed E-state index contributed by atoms with van der Waals surface area (Å²) < 4.78 is 0. The molecule has 0 radical (unpaired) electrons. The van der Waals surface area contributed by atoms with Crippen molar-refractivity contribution in [1.29, 1.82) is 0 Å². The molecule has 0 aliphatic heterocycles. The van der Waals surface area contributed by atoms with E-state index in [4.69, 9.17) is 0 Å². The fourth-order valence-corrected chi connectivity index (χ4v) is 3.31. The van der Waals surface area contributed by atoms with E-state index in [0.717, 1.165) is 11.1 Å². The lowest BCUT2D eigenvalue weighted by Crippen LogP contribution is -2.58. The number of carbonyl (C=O) groups is 6. The summed E-state index contributed by atoms with van der Waals surface area (Å²) in [5.41, 5.74) is 0.896. The molecule has 0 spiro atoms. The Labute approximate surface area is 218 Å². The van der Waals surface area contributed by atoms with Gasteiger partial charge >= 0.3 is 0 Å². The minimum atomic E-state index is -1.28. The second-order valence-corrected chi connectivity index (χ2v) is 11.4. The number of nitrogens with one attached hydrogen (secondary N) is 4. The van der Waals surface area contributed by atoms with Gasteiger partial charge in [0.2, 0.25) is 23.5 Å². The lowest BCUT2D eigenvalue weighted by atomic mass is 9.85. The fourth-order valence-electron chi connectivity index (χ4n) is 3.31. The zero-order valence-corrected chi connectivity index (χ0v) is 22.8. The maximum atomic E-state index is 13.0. The van der Waals surface area contributed by atoms with E-state index in [1.165, 1.54) is 0 Å². The molecule has 37 heavy (non-hydrogen) atoms. The van der Waals surface area contributed by atoms with E-state index in [2.05, 4.69) is 21.3 Å². The number of hydrogen-bond donors (Lipinski definition) is 4. The van der Waals surface area contributed by atoms with Gasteiger partial charge in [0, 0.05) is 19.4 Å². The van der Waals surface area contributed by atoms with Crippen molar-refractivity contribution in [2.45, 2.75) is 79.9 Å². The second-order valence-electron chi connectivity index (χ2n) is 11.4. The third-order valence-electron chi connectivity index (χ3n) is 5.34. The van der Waals surface area contributed by atoms with Gasteiger partial charge in [0.15, 0.2) is 0 Å². The molecule has 10 heteroatoms. The molecule has 0 aliphatic carbocycles. The number of rotatable bonds is 12. The summed E-state index contributed by atoms with van der Waals surface area (Å²) in [5.74, 6) is -3.50. The van der Waals surface area contributed by atoms with Gasteiger partial charge in [-0.2, -0.15) is 0 Å². The number of aryl methyl sites for hydroxylation is 1. The fraction of sp³-hybridized carbons (Fsp3) is 0.556. The second kappa shape index (κ2) is 13.7. The molecule has 1 rings (SSSR count). The monoisotopic (exact) mass is 516 g/mol. The van der Waals surface area contributed by atoms with Crippen molar-refractivity contribution < 1.29 is 28.8 Å². The largest absolute Gasteiger partial charge is 0.347 e. The maximum absolute atomic E-state index is 13.0. The lowest BCUT2D eigenvalue weighted by molar-refractivity contribution is -0.138. The van der Waals surface area contributed by atoms with Crippen molar-refractivity contribution in [2.24, 2.45) is 10.8 Å². The van der Waals surface area contributed by atoms with Crippen LogP contribution in [0.2, 0.25) is 0 Å². The van der Waals surface area contributed by atoms with Crippen LogP contribution >= 0.6 is 0 Å². The number of ketones is 1. The van der Waals surface area contributed by atoms with E-state index in [-0.39, 0.29) is 30.7 Å². The zero-order chi connectivity index (χ0) is 28.4. The van der Waals surface area contributed by atoms with Gasteiger partial charge in [-0.05, 0) is 23.3 Å². The van der Waals surface area contributed by atoms with Gasteiger partial charge in [-0.1, -0.05) is 71.4 Å². The molecule has 204 valence electrons. The Balaban J connectivity index is 2.74. The molecule has 0 saturated carbocycles. The molecule has 1 aromatic rings. The summed E-state index contributed by atoms with van der Waals surface area (Å²) >= 11 is 0. The van der Waals surface area contributed by atoms with Gasteiger partial charge in [-0.15, -0.1) is 0 Å². The third-order valence-corrected chi connectivity index (χ3v) is 5.34. The Hall–Kier alpha value is -3.56. The van der Waals surface area contributed by atoms with Crippen LogP contribution in [0.15, 0.2) is 24.3 Å². The average Bonchev–Trinajstić information content (AvgIpc) is 2.77. The van der Waals surface area contributed by atoms with Gasteiger partial charge < -0.3 is 26.1 Å². The predicted molar refractivity (Wildman–Crippen MR) is 139 cm³/mol. The molecule has 0 bridgehead atoms. The van der Waals surface area contributed by atoms with E-state index < -0.39 is 47.5 Å². The molecule has 1 aromatic carbocycles. The highest BCUT2D eigenvalue weighted by molar-refractivity contribution is 6.37. The van der Waals surface area contributed by atoms with Crippen LogP contribution in [0.1, 0.15) is 65.5 Å². The number of Topliss-reactive ketones (excluding diaryl/α,β-unsaturated/α-hetero) is 1. The zero-order valence-electron chi connectivity index (χ0n) is 22.8. The van der Waals surface area contributed by atoms with Gasteiger partial charge in [0.1, 0.15) is 18.4 Å². The number of amides is 4. The van der Waals surface area contributed by atoms with E-state index in [1.807, 2.05) is 52.0 Å². The Morgan fingerprint density at radius 3 is 1.97 bits per heavy atom. The summed E-state index contributed by atoms with van der Waals surface area (Å²) in [4.78, 5) is 73.5. The van der Waals surface area contributed by atoms with Crippen LogP contribution in [0, 0.1) is 17.8 Å². The SMILES string of the molecule is Cc1ccc(CNC(=O)C(=O)CNC(=O)[C@H](CC=O)NC(=O)[C@@H](NC(=O)CC(C)(C)C)C(C)(C)C)cc1. The Bertz CT molecular complexity index is 990. The molecule has 10 nitrogen and oxygen atoms in total. The van der Waals surface area contributed by atoms with Gasteiger partial charge in [-0.25, -0.2) is 0 Å². The van der Waals surface area contributed by atoms with Crippen LogP contribution in [-0.4, -0.2) is 54.3 Å². The van der Waals surface area contributed by atoms with Crippen molar-refractivity contribution in [3.05, 3.63) is 35.4 Å². The van der Waals surface area contributed by atoms with Crippen LogP contribution in [0.3, 0.4) is 0 Å². The first-order chi connectivity index (χ1) is 17.0. The number of carbonyl (C=O) groups excluding carboxylic acids is 6. The molecular formula is C27H40N4O6. The smallest absolute Gasteiger partial charge is 0.289 e. The van der Waals surface area contributed by atoms with Gasteiger partial charge in [0.05, 0.1) is 6.54 Å². The lowest BCUT2D eigenvalue weighted by Gasteiger charge is -2.32. The minimum absolute atomic E-state index is 0.151. The molecule has 0 aromatic heterocycles. The van der Waals surface area contributed by atoms with Gasteiger partial charge in [0.25, 0.3) is 5.91 Å². The van der Waals surface area contributed by atoms with Crippen molar-refractivity contribution >= 4 is 35.7 Å². The molecule has 4 amide bonds. The Kier molecular flexibility index (Phi) is 11.6. The van der Waals surface area contributed by atoms with Crippen LogP contribution in [0.4, 0.5) is 0 Å². The Morgan fingerprint density at radius 1 is 0.865 bits per heavy atom. The van der Waals surface area contributed by atoms with E-state index in [0.29, 0.717) is 6.29 Å². The van der Waals surface area contributed by atoms with Crippen molar-refractivity contribution in [3.63, 3.8) is 0 Å². The number of aldehydes is 1. The van der Waals surface area contributed by atoms with Crippen LogP contribution < -0.4 is 21.3 Å².